The number of hydrogen-bond donors (Lipinski definition) is 0. The number of hydrogen-bond acceptors (Lipinski definition) is 12. The van der Waals surface area contributed by atoms with Crippen LogP contribution in [-0.2, 0) is 0 Å². The molecule has 0 aliphatic heterocycles. The van der Waals surface area contributed by atoms with Crippen molar-refractivity contribution >= 4 is 195 Å². The van der Waals surface area contributed by atoms with Crippen molar-refractivity contribution in [2.75, 3.05) is 0 Å². The van der Waals surface area contributed by atoms with Crippen molar-refractivity contribution in [3.05, 3.63) is 431 Å². The van der Waals surface area contributed by atoms with Gasteiger partial charge in [0.15, 0.2) is 52.4 Å². The quantitative estimate of drug-likeness (QED) is 0.0894. The highest BCUT2D eigenvalue weighted by Gasteiger charge is 2.31. The molecule has 0 N–H and O–H groups in total. The zero-order chi connectivity index (χ0) is 92.2. The Bertz CT molecular complexity index is 10500. The molecule has 32 aromatic rings. The van der Waals surface area contributed by atoms with Gasteiger partial charge in [-0.3, -0.25) is 0 Å². The summed E-state index contributed by atoms with van der Waals surface area (Å²) >= 11 is 0. The second-order valence-corrected chi connectivity index (χ2v) is 36.8. The highest BCUT2D eigenvalue weighted by molar-refractivity contribution is 6.43. The molecule has 0 aliphatic rings. The Morgan fingerprint density at radius 1 is 0.121 bits per heavy atom. The molecule has 0 spiro atoms. The molecule has 0 saturated carbocycles. The van der Waals surface area contributed by atoms with Crippen molar-refractivity contribution in [1.29, 1.82) is 0 Å². The lowest BCUT2D eigenvalue weighted by molar-refractivity contribution is 0.669. The molecule has 141 heavy (non-hydrogen) atoms. The van der Waals surface area contributed by atoms with Gasteiger partial charge in [0.05, 0.1) is 16.7 Å². The molecule has 0 amide bonds. The number of rotatable bonds is 11. The minimum absolute atomic E-state index is 0.579. The summed E-state index contributed by atoms with van der Waals surface area (Å²) in [6.07, 6.45) is 0. The second kappa shape index (κ2) is 30.7. The zero-order valence-electron chi connectivity index (χ0n) is 75.2. The maximum Gasteiger partial charge on any atom is 0.167 e. The Kier molecular flexibility index (Phi) is 17.0. The van der Waals surface area contributed by atoms with Crippen LogP contribution in [0.5, 0.6) is 0 Å². The fourth-order valence-electron chi connectivity index (χ4n) is 22.3. The van der Waals surface area contributed by atoms with E-state index in [0.717, 1.165) is 159 Å². The lowest BCUT2D eigenvalue weighted by atomic mass is 9.88. The summed E-state index contributed by atoms with van der Waals surface area (Å²) in [5.41, 5.74) is 17.8. The summed E-state index contributed by atoms with van der Waals surface area (Å²) in [5.74, 6) is 5.50. The topological polar surface area (TPSA) is 155 Å². The molecule has 12 nitrogen and oxygen atoms in total. The predicted octanol–water partition coefficient (Wildman–Crippen LogP) is 34.1. The van der Waals surface area contributed by atoms with E-state index in [9.17, 15) is 0 Å². The maximum atomic E-state index is 6.79. The molecule has 0 bridgehead atoms. The fourth-order valence-corrected chi connectivity index (χ4v) is 22.3. The van der Waals surface area contributed by atoms with Gasteiger partial charge in [-0.25, -0.2) is 44.9 Å². The Hall–Kier alpha value is -19.2. The summed E-state index contributed by atoms with van der Waals surface area (Å²) in [5, 5.41) is 35.8. The van der Waals surface area contributed by atoms with Crippen LogP contribution in [-0.4, -0.2) is 44.9 Å². The minimum Gasteiger partial charge on any atom is -0.455 e. The van der Waals surface area contributed by atoms with Gasteiger partial charge >= 0.3 is 0 Å². The number of benzene rings is 26. The molecule has 0 atom stereocenters. The molecule has 0 fully saturated rings. The molecule has 26 aromatic carbocycles. The molecule has 6 aromatic heterocycles. The molecule has 12 heteroatoms. The molecule has 6 heterocycles. The van der Waals surface area contributed by atoms with E-state index in [1.165, 1.54) is 108 Å². The predicted molar refractivity (Wildman–Crippen MR) is 578 cm³/mol. The van der Waals surface area contributed by atoms with E-state index in [2.05, 4.69) is 388 Å². The van der Waals surface area contributed by atoms with Crippen LogP contribution in [0.4, 0.5) is 0 Å². The van der Waals surface area contributed by atoms with Crippen molar-refractivity contribution in [3.63, 3.8) is 0 Å². The maximum absolute atomic E-state index is 6.79. The molecular weight excluding hydrogens is 1720 g/mol. The zero-order valence-corrected chi connectivity index (χ0v) is 75.2. The van der Waals surface area contributed by atoms with Crippen LogP contribution >= 0.6 is 0 Å². The summed E-state index contributed by atoms with van der Waals surface area (Å²) < 4.78 is 20.3. The van der Waals surface area contributed by atoms with Gasteiger partial charge in [-0.2, -0.15) is 0 Å². The van der Waals surface area contributed by atoms with E-state index in [0.29, 0.717) is 52.4 Å². The van der Waals surface area contributed by atoms with Crippen LogP contribution in [0, 0.1) is 0 Å². The summed E-state index contributed by atoms with van der Waals surface area (Å²) in [6, 6.07) is 151. The van der Waals surface area contributed by atoms with Crippen LogP contribution in [0.2, 0.25) is 0 Å². The molecule has 0 unspecified atom stereocenters. The van der Waals surface area contributed by atoms with Gasteiger partial charge in [-0.1, -0.05) is 376 Å². The summed E-state index contributed by atoms with van der Waals surface area (Å²) in [4.78, 5) is 46.1. The van der Waals surface area contributed by atoms with Gasteiger partial charge in [0.1, 0.15) is 33.5 Å². The van der Waals surface area contributed by atoms with Gasteiger partial charge in [0.25, 0.3) is 0 Å². The average Bonchev–Trinajstić information content (AvgIpc) is 1.57. The van der Waals surface area contributed by atoms with Crippen molar-refractivity contribution in [1.82, 2.24) is 44.9 Å². The Labute approximate surface area is 803 Å². The van der Waals surface area contributed by atoms with Crippen molar-refractivity contribution in [2.24, 2.45) is 0 Å². The molecule has 0 radical (unpaired) electrons. The minimum atomic E-state index is 0.579. The van der Waals surface area contributed by atoms with E-state index in [-0.39, 0.29) is 0 Å². The lowest BCUT2D eigenvalue weighted by Crippen LogP contribution is -2.01. The number of aromatic nitrogens is 9. The molecule has 650 valence electrons. The van der Waals surface area contributed by atoms with Gasteiger partial charge in [0.2, 0.25) is 0 Å². The number of fused-ring (bicyclic) bond motifs is 6. The Morgan fingerprint density at radius 3 is 0.645 bits per heavy atom. The first-order valence-electron chi connectivity index (χ1n) is 47.5. The molecule has 0 saturated heterocycles. The lowest BCUT2D eigenvalue weighted by Gasteiger charge is -2.14. The first-order valence-corrected chi connectivity index (χ1v) is 47.5. The van der Waals surface area contributed by atoms with E-state index in [1.54, 1.807) is 0 Å². The van der Waals surface area contributed by atoms with Crippen LogP contribution in [0.25, 0.3) is 320 Å². The van der Waals surface area contributed by atoms with E-state index < -0.39 is 0 Å². The SMILES string of the molecule is c1ccc(-c2ccc(-c3nc(-c4ccc(-c5ccccc5)cc4)nc(-c4cc5ccc6cccc7c8cccc9oc4c(c98)c5c67)n3)cc2)cc1.c1ccc(-c2nc(-c3ccc4ccccc4c3)nc(-c3cc4ccc5cccc6c7cccc8oc3c(c87)c4c56)n2)cc1.c1ccc2cc(-c3nc(-c4ccc5ccccc5c4)nc(-c4cc5ccc6cccc7c8cccc9oc4c(c98)c5c67)n3)ccc2c1. The smallest absolute Gasteiger partial charge is 0.167 e. The molecular formula is C129H71N9O3. The number of nitrogens with zero attached hydrogens (tertiary/aromatic N) is 9. The fraction of sp³-hybridized carbons (Fsp3) is 0. The Morgan fingerprint density at radius 2 is 0.333 bits per heavy atom. The second-order valence-electron chi connectivity index (χ2n) is 36.8. The van der Waals surface area contributed by atoms with Crippen LogP contribution in [0.3, 0.4) is 0 Å². The average molecular weight is 1800 g/mol. The summed E-state index contributed by atoms with van der Waals surface area (Å²) in [7, 11) is 0. The van der Waals surface area contributed by atoms with E-state index in [1.807, 2.05) is 42.5 Å². The third-order valence-corrected chi connectivity index (χ3v) is 28.8. The van der Waals surface area contributed by atoms with Crippen LogP contribution < -0.4 is 0 Å². The monoisotopic (exact) mass is 1790 g/mol. The van der Waals surface area contributed by atoms with E-state index >= 15 is 0 Å². The van der Waals surface area contributed by atoms with Gasteiger partial charge < -0.3 is 13.3 Å². The largest absolute Gasteiger partial charge is 0.455 e. The first kappa shape index (κ1) is 78.2. The van der Waals surface area contributed by atoms with Gasteiger partial charge in [-0.05, 0) is 190 Å². The van der Waals surface area contributed by atoms with Gasteiger partial charge in [0, 0.05) is 81.9 Å². The van der Waals surface area contributed by atoms with Crippen molar-refractivity contribution in [3.8, 4) is 125 Å². The normalized spacial score (nSPS) is 12.1. The van der Waals surface area contributed by atoms with Crippen molar-refractivity contribution < 1.29 is 13.3 Å². The standard InChI is InChI=1S/C47H27N3O.C43H23N3O.C39H21N3O/c1-3-9-28(10-4-1)30-17-22-33(23-18-30)45-48-46(34-24-19-31(20-25-34)29-11-5-2-6-12-29)50-47(49-45)38-27-35-26-21-32-13-7-14-36-37-15-8-16-39-42(37)43(44(38)51-39)41(35)40(32)36;1-3-9-27-21-30(19-15-24(27)7-1)41-44-42(31-20-16-25-8-2-4-10-28(25)22-31)46-43(45-41)34-23-29-18-17-26-11-5-12-32-33-13-6-14-35-38(33)39(40(34)47-35)37(29)36(26)32;1-2-9-24(10-3-1)37-40-38(27-19-16-22-8-4-5-11-25(22)20-27)42-39(41-37)30-21-26-18-17-23-12-6-13-28-29-14-7-15-31-34(29)35(36(30)43-31)33(26)32(23)28/h1-27H;1-23H;1-21H. The third kappa shape index (κ3) is 12.3. The third-order valence-electron chi connectivity index (χ3n) is 28.8. The van der Waals surface area contributed by atoms with Crippen LogP contribution in [0.1, 0.15) is 0 Å². The first-order chi connectivity index (χ1) is 69.8. The van der Waals surface area contributed by atoms with E-state index in [4.69, 9.17) is 58.1 Å². The van der Waals surface area contributed by atoms with Gasteiger partial charge in [-0.15, -0.1) is 0 Å². The number of furan rings is 3. The highest BCUT2D eigenvalue weighted by atomic mass is 16.3. The summed E-state index contributed by atoms with van der Waals surface area (Å²) in [6.45, 7) is 0. The highest BCUT2D eigenvalue weighted by Crippen LogP contribution is 2.54. The Balaban J connectivity index is 0.0000000995. The molecule has 32 rings (SSSR count). The molecule has 0 aliphatic carbocycles. The van der Waals surface area contributed by atoms with Crippen LogP contribution in [0.15, 0.2) is 444 Å². The van der Waals surface area contributed by atoms with Crippen molar-refractivity contribution in [2.45, 2.75) is 0 Å².